The first kappa shape index (κ1) is 11.5. The third-order valence-corrected chi connectivity index (χ3v) is 2.95. The van der Waals surface area contributed by atoms with Gasteiger partial charge in [0.05, 0.1) is 6.20 Å². The maximum Gasteiger partial charge on any atom is 0.294 e. The van der Waals surface area contributed by atoms with E-state index in [9.17, 15) is 9.59 Å². The van der Waals surface area contributed by atoms with E-state index in [2.05, 4.69) is 15.8 Å². The largest absolute Gasteiger partial charge is 0.352 e. The van der Waals surface area contributed by atoms with Crippen molar-refractivity contribution in [2.24, 2.45) is 0 Å². The van der Waals surface area contributed by atoms with Crippen LogP contribution in [0.4, 0.5) is 5.69 Å². The van der Waals surface area contributed by atoms with Crippen molar-refractivity contribution in [2.45, 2.75) is 6.42 Å². The number of fused-ring (bicyclic) bond motifs is 1. The Bertz CT molecular complexity index is 635. The number of nitrogens with one attached hydrogen (secondary N) is 2. The van der Waals surface area contributed by atoms with Gasteiger partial charge in [0, 0.05) is 23.9 Å². The molecule has 2 aromatic rings. The summed E-state index contributed by atoms with van der Waals surface area (Å²) < 4.78 is 4.76. The van der Waals surface area contributed by atoms with Crippen LogP contribution in [-0.2, 0) is 6.42 Å². The van der Waals surface area contributed by atoms with E-state index in [-0.39, 0.29) is 11.7 Å². The number of hydrogen-bond donors (Lipinski definition) is 2. The highest BCUT2D eigenvalue weighted by atomic mass is 16.5. The molecule has 0 unspecified atom stereocenters. The quantitative estimate of drug-likeness (QED) is 0.847. The highest BCUT2D eigenvalue weighted by molar-refractivity contribution is 6.03. The molecule has 1 aliphatic heterocycles. The number of nitrogens with zero attached hydrogens (tertiary/aromatic N) is 1. The molecule has 0 bridgehead atoms. The lowest BCUT2D eigenvalue weighted by Crippen LogP contribution is -2.31. The highest BCUT2D eigenvalue weighted by Crippen LogP contribution is 2.19. The fourth-order valence-electron chi connectivity index (χ4n) is 2.02. The van der Waals surface area contributed by atoms with Crippen molar-refractivity contribution < 1.29 is 14.1 Å². The Balaban J connectivity index is 1.84. The molecule has 0 saturated carbocycles. The molecule has 0 atom stereocenters. The average molecular weight is 257 g/mol. The summed E-state index contributed by atoms with van der Waals surface area (Å²) >= 11 is 0. The van der Waals surface area contributed by atoms with Crippen LogP contribution in [0, 0.1) is 0 Å². The molecule has 0 spiro atoms. The number of amides is 2. The van der Waals surface area contributed by atoms with Crippen molar-refractivity contribution in [1.82, 2.24) is 10.5 Å². The highest BCUT2D eigenvalue weighted by Gasteiger charge is 2.17. The fraction of sp³-hybridized carbons (Fsp3) is 0.154. The van der Waals surface area contributed by atoms with Gasteiger partial charge in [0.25, 0.3) is 11.8 Å². The number of carbonyl (C=O) groups excluding carboxylic acids is 2. The monoisotopic (exact) mass is 257 g/mol. The molecule has 1 aromatic heterocycles. The van der Waals surface area contributed by atoms with E-state index in [1.165, 1.54) is 12.3 Å². The Morgan fingerprint density at radius 1 is 1.37 bits per heavy atom. The second-order valence-corrected chi connectivity index (χ2v) is 4.21. The summed E-state index contributed by atoms with van der Waals surface area (Å²) in [5.41, 5.74) is 2.14. The van der Waals surface area contributed by atoms with Gasteiger partial charge >= 0.3 is 0 Å². The SMILES string of the molecule is O=C(Nc1ccc2c(c1)C(=O)NCC2)c1ccno1. The molecule has 6 heteroatoms. The van der Waals surface area contributed by atoms with E-state index in [4.69, 9.17) is 4.52 Å². The van der Waals surface area contributed by atoms with Gasteiger partial charge < -0.3 is 15.2 Å². The van der Waals surface area contributed by atoms with Gasteiger partial charge in [0.1, 0.15) is 0 Å². The molecular formula is C13H11N3O3. The molecule has 0 fully saturated rings. The molecule has 19 heavy (non-hydrogen) atoms. The molecule has 0 radical (unpaired) electrons. The molecular weight excluding hydrogens is 246 g/mol. The summed E-state index contributed by atoms with van der Waals surface area (Å²) in [4.78, 5) is 23.5. The van der Waals surface area contributed by atoms with Crippen molar-refractivity contribution in [3.63, 3.8) is 0 Å². The van der Waals surface area contributed by atoms with E-state index in [1.54, 1.807) is 12.1 Å². The number of anilines is 1. The van der Waals surface area contributed by atoms with Crippen LogP contribution in [0.25, 0.3) is 0 Å². The molecule has 0 aliphatic carbocycles. The molecule has 1 aromatic carbocycles. The van der Waals surface area contributed by atoms with Gasteiger partial charge in [-0.15, -0.1) is 0 Å². The topological polar surface area (TPSA) is 84.2 Å². The van der Waals surface area contributed by atoms with Gasteiger partial charge in [0.15, 0.2) is 0 Å². The van der Waals surface area contributed by atoms with Gasteiger partial charge in [-0.25, -0.2) is 0 Å². The zero-order chi connectivity index (χ0) is 13.2. The lowest BCUT2D eigenvalue weighted by Gasteiger charge is -2.17. The number of benzene rings is 1. The fourth-order valence-corrected chi connectivity index (χ4v) is 2.02. The van der Waals surface area contributed by atoms with Crippen molar-refractivity contribution in [3.8, 4) is 0 Å². The van der Waals surface area contributed by atoms with Crippen LogP contribution in [0.15, 0.2) is 35.0 Å². The second-order valence-electron chi connectivity index (χ2n) is 4.21. The second kappa shape index (κ2) is 4.56. The van der Waals surface area contributed by atoms with Crippen LogP contribution >= 0.6 is 0 Å². The Morgan fingerprint density at radius 3 is 3.05 bits per heavy atom. The molecule has 2 amide bonds. The van der Waals surface area contributed by atoms with Crippen LogP contribution in [0.5, 0.6) is 0 Å². The molecule has 3 rings (SSSR count). The Morgan fingerprint density at radius 2 is 2.26 bits per heavy atom. The molecule has 6 nitrogen and oxygen atoms in total. The number of carbonyl (C=O) groups is 2. The summed E-state index contributed by atoms with van der Waals surface area (Å²) in [6.45, 7) is 0.648. The third-order valence-electron chi connectivity index (χ3n) is 2.95. The molecule has 96 valence electrons. The van der Waals surface area contributed by atoms with Crippen LogP contribution in [0.3, 0.4) is 0 Å². The van der Waals surface area contributed by atoms with Crippen molar-refractivity contribution >= 4 is 17.5 Å². The molecule has 2 N–H and O–H groups in total. The standard InChI is InChI=1S/C13H11N3O3/c17-12-10-7-9(2-1-8(10)3-5-14-12)16-13(18)11-4-6-15-19-11/h1-2,4,6-7H,3,5H2,(H,14,17)(H,16,18). The summed E-state index contributed by atoms with van der Waals surface area (Å²) in [6, 6.07) is 6.76. The lowest BCUT2D eigenvalue weighted by molar-refractivity contribution is 0.0943. The van der Waals surface area contributed by atoms with Gasteiger partial charge in [-0.1, -0.05) is 11.2 Å². The molecule has 0 saturated heterocycles. The van der Waals surface area contributed by atoms with Gasteiger partial charge in [-0.3, -0.25) is 9.59 Å². The van der Waals surface area contributed by atoms with Crippen molar-refractivity contribution in [3.05, 3.63) is 47.3 Å². The average Bonchev–Trinajstić information content (AvgIpc) is 2.94. The van der Waals surface area contributed by atoms with E-state index in [0.29, 0.717) is 17.8 Å². The van der Waals surface area contributed by atoms with E-state index < -0.39 is 5.91 Å². The Labute approximate surface area is 108 Å². The normalized spacial score (nSPS) is 13.6. The maximum atomic E-state index is 11.8. The lowest BCUT2D eigenvalue weighted by atomic mass is 10.00. The van der Waals surface area contributed by atoms with Crippen LogP contribution in [0.1, 0.15) is 26.5 Å². The van der Waals surface area contributed by atoms with Gasteiger partial charge in [-0.2, -0.15) is 0 Å². The smallest absolute Gasteiger partial charge is 0.294 e. The third kappa shape index (κ3) is 2.20. The van der Waals surface area contributed by atoms with Crippen molar-refractivity contribution in [2.75, 3.05) is 11.9 Å². The van der Waals surface area contributed by atoms with E-state index >= 15 is 0 Å². The number of hydrogen-bond acceptors (Lipinski definition) is 4. The van der Waals surface area contributed by atoms with Gasteiger partial charge in [0.2, 0.25) is 5.76 Å². The zero-order valence-electron chi connectivity index (χ0n) is 9.97. The van der Waals surface area contributed by atoms with E-state index in [0.717, 1.165) is 12.0 Å². The summed E-state index contributed by atoms with van der Waals surface area (Å²) in [5, 5.41) is 8.90. The zero-order valence-corrected chi connectivity index (χ0v) is 9.97. The van der Waals surface area contributed by atoms with Crippen molar-refractivity contribution in [1.29, 1.82) is 0 Å². The van der Waals surface area contributed by atoms with Crippen LogP contribution in [0.2, 0.25) is 0 Å². The first-order valence-electron chi connectivity index (χ1n) is 5.87. The summed E-state index contributed by atoms with van der Waals surface area (Å²) in [6.07, 6.45) is 2.20. The Hall–Kier alpha value is -2.63. The number of aromatic nitrogens is 1. The minimum absolute atomic E-state index is 0.114. The maximum absolute atomic E-state index is 11.8. The summed E-state index contributed by atoms with van der Waals surface area (Å²) in [5.74, 6) is -0.382. The van der Waals surface area contributed by atoms with E-state index in [1.807, 2.05) is 6.07 Å². The predicted octanol–water partition coefficient (Wildman–Crippen LogP) is 1.21. The Kier molecular flexibility index (Phi) is 2.75. The summed E-state index contributed by atoms with van der Waals surface area (Å²) in [7, 11) is 0. The predicted molar refractivity (Wildman–Crippen MR) is 66.9 cm³/mol. The van der Waals surface area contributed by atoms with Gasteiger partial charge in [-0.05, 0) is 24.1 Å². The number of rotatable bonds is 2. The van der Waals surface area contributed by atoms with Crippen LogP contribution in [-0.4, -0.2) is 23.5 Å². The molecule has 2 heterocycles. The molecule has 1 aliphatic rings. The first-order chi connectivity index (χ1) is 9.24. The minimum Gasteiger partial charge on any atom is -0.352 e. The minimum atomic E-state index is -0.395. The first-order valence-corrected chi connectivity index (χ1v) is 5.87. The van der Waals surface area contributed by atoms with Crippen LogP contribution < -0.4 is 10.6 Å².